The molecule has 0 unspecified atom stereocenters. The standard InChI is InChI=1S/C8H9NO.ClH/c10-8-4-7-9-5-2-1-3-6-9;/h1-6,8H,7H2;1H. The minimum absolute atomic E-state index is 0. The number of allylic oxidation sites excluding steroid dienone is 1. The van der Waals surface area contributed by atoms with E-state index >= 15 is 0 Å². The molecule has 11 heavy (non-hydrogen) atoms. The number of pyridine rings is 1. The van der Waals surface area contributed by atoms with Crippen LogP contribution in [-0.2, 0) is 6.54 Å². The predicted molar refractivity (Wildman–Crippen MR) is 38.4 cm³/mol. The predicted octanol–water partition coefficient (Wildman–Crippen LogP) is -1.95. The van der Waals surface area contributed by atoms with E-state index in [4.69, 9.17) is 5.11 Å². The Kier molecular flexibility index (Phi) is 5.21. The first kappa shape index (κ1) is 9.98. The lowest BCUT2D eigenvalue weighted by atomic mass is 10.5. The van der Waals surface area contributed by atoms with E-state index in [1.54, 1.807) is 6.08 Å². The van der Waals surface area contributed by atoms with E-state index in [1.165, 1.54) is 0 Å². The second-order valence-corrected chi connectivity index (χ2v) is 1.96. The quantitative estimate of drug-likeness (QED) is 0.406. The fourth-order valence-corrected chi connectivity index (χ4v) is 0.725. The number of rotatable bonds is 2. The summed E-state index contributed by atoms with van der Waals surface area (Å²) in [5, 5.41) is 8.33. The molecule has 0 aromatic carbocycles. The number of hydrogen-bond donors (Lipinski definition) is 1. The molecular formula is C8H10ClNO. The molecule has 1 heterocycles. The Morgan fingerprint density at radius 3 is 2.36 bits per heavy atom. The van der Waals surface area contributed by atoms with Crippen molar-refractivity contribution in [3.8, 4) is 0 Å². The fourth-order valence-electron chi connectivity index (χ4n) is 0.725. The molecule has 0 saturated carbocycles. The summed E-state index contributed by atoms with van der Waals surface area (Å²) in [6.45, 7) is 0.720. The van der Waals surface area contributed by atoms with Gasteiger partial charge in [0, 0.05) is 18.2 Å². The van der Waals surface area contributed by atoms with Crippen molar-refractivity contribution in [1.29, 1.82) is 0 Å². The van der Waals surface area contributed by atoms with Gasteiger partial charge >= 0.3 is 0 Å². The van der Waals surface area contributed by atoms with Crippen LogP contribution < -0.4 is 17.0 Å². The summed E-state index contributed by atoms with van der Waals surface area (Å²) >= 11 is 0. The van der Waals surface area contributed by atoms with Crippen molar-refractivity contribution in [3.05, 3.63) is 42.9 Å². The van der Waals surface area contributed by atoms with Crippen LogP contribution in [0.2, 0.25) is 0 Å². The normalized spacial score (nSPS) is 9.45. The van der Waals surface area contributed by atoms with Gasteiger partial charge in [-0.25, -0.2) is 4.57 Å². The Labute approximate surface area is 72.2 Å². The maximum atomic E-state index is 8.33. The van der Waals surface area contributed by atoms with Crippen LogP contribution in [0.5, 0.6) is 0 Å². The van der Waals surface area contributed by atoms with Gasteiger partial charge in [0.15, 0.2) is 18.9 Å². The van der Waals surface area contributed by atoms with Crippen LogP contribution >= 0.6 is 0 Å². The third kappa shape index (κ3) is 3.63. The van der Waals surface area contributed by atoms with Crippen molar-refractivity contribution in [2.45, 2.75) is 6.54 Å². The van der Waals surface area contributed by atoms with E-state index in [0.717, 1.165) is 12.8 Å². The lowest BCUT2D eigenvalue weighted by Crippen LogP contribution is -3.00. The van der Waals surface area contributed by atoms with E-state index in [2.05, 4.69) is 0 Å². The van der Waals surface area contributed by atoms with E-state index < -0.39 is 0 Å². The van der Waals surface area contributed by atoms with E-state index in [9.17, 15) is 0 Å². The third-order valence-electron chi connectivity index (χ3n) is 1.20. The lowest BCUT2D eigenvalue weighted by molar-refractivity contribution is -0.687. The molecule has 0 bridgehead atoms. The second-order valence-electron chi connectivity index (χ2n) is 1.96. The van der Waals surface area contributed by atoms with Gasteiger partial charge in [-0.3, -0.25) is 0 Å². The Balaban J connectivity index is 0.000001000. The van der Waals surface area contributed by atoms with Crippen LogP contribution in [0.15, 0.2) is 42.9 Å². The summed E-state index contributed by atoms with van der Waals surface area (Å²) in [6.07, 6.45) is 6.62. The summed E-state index contributed by atoms with van der Waals surface area (Å²) in [5.41, 5.74) is 0. The maximum Gasteiger partial charge on any atom is 0.170 e. The molecule has 1 N–H and O–H groups in total. The van der Waals surface area contributed by atoms with Crippen molar-refractivity contribution in [3.63, 3.8) is 0 Å². The summed E-state index contributed by atoms with van der Waals surface area (Å²) in [7, 11) is 0. The van der Waals surface area contributed by atoms with Crippen LogP contribution in [0.4, 0.5) is 0 Å². The van der Waals surface area contributed by atoms with Gasteiger partial charge in [0.2, 0.25) is 0 Å². The molecule has 0 amide bonds. The Bertz CT molecular complexity index is 211. The minimum Gasteiger partial charge on any atom is -1.00 e. The van der Waals surface area contributed by atoms with Crippen molar-refractivity contribution in [1.82, 2.24) is 0 Å². The fraction of sp³-hybridized carbons (Fsp3) is 0.125. The summed E-state index contributed by atoms with van der Waals surface area (Å²) in [5.74, 6) is 0. The molecule has 0 radical (unpaired) electrons. The van der Waals surface area contributed by atoms with E-state index in [0.29, 0.717) is 0 Å². The molecule has 1 rings (SSSR count). The van der Waals surface area contributed by atoms with E-state index in [1.807, 2.05) is 35.2 Å². The monoisotopic (exact) mass is 171 g/mol. The summed E-state index contributed by atoms with van der Waals surface area (Å²) in [4.78, 5) is 0. The van der Waals surface area contributed by atoms with Crippen LogP contribution in [0.25, 0.3) is 0 Å². The van der Waals surface area contributed by atoms with Crippen LogP contribution in [-0.4, -0.2) is 5.11 Å². The minimum atomic E-state index is 0. The zero-order valence-corrected chi connectivity index (χ0v) is 6.78. The highest BCUT2D eigenvalue weighted by atomic mass is 35.5. The van der Waals surface area contributed by atoms with Crippen molar-refractivity contribution >= 4 is 0 Å². The third-order valence-corrected chi connectivity index (χ3v) is 1.20. The number of hydrogen-bond acceptors (Lipinski definition) is 1. The van der Waals surface area contributed by atoms with Gasteiger partial charge in [-0.1, -0.05) is 6.07 Å². The smallest absolute Gasteiger partial charge is 0.170 e. The largest absolute Gasteiger partial charge is 1.00 e. The Morgan fingerprint density at radius 1 is 1.18 bits per heavy atom. The molecule has 2 nitrogen and oxygen atoms in total. The molecule has 0 spiro atoms. The first-order valence-corrected chi connectivity index (χ1v) is 3.17. The van der Waals surface area contributed by atoms with Crippen molar-refractivity contribution in [2.24, 2.45) is 0 Å². The molecule has 60 valence electrons. The van der Waals surface area contributed by atoms with Crippen molar-refractivity contribution < 1.29 is 22.1 Å². The number of halogens is 1. The van der Waals surface area contributed by atoms with Crippen LogP contribution in [0, 0.1) is 0 Å². The molecule has 0 aliphatic carbocycles. The number of aliphatic hydroxyl groups excluding tert-OH is 1. The topological polar surface area (TPSA) is 24.1 Å². The van der Waals surface area contributed by atoms with Gasteiger partial charge in [-0.2, -0.15) is 0 Å². The summed E-state index contributed by atoms with van der Waals surface area (Å²) < 4.78 is 1.96. The highest BCUT2D eigenvalue weighted by molar-refractivity contribution is 4.84. The molecule has 0 aliphatic heterocycles. The highest BCUT2D eigenvalue weighted by Gasteiger charge is 1.89. The first-order valence-electron chi connectivity index (χ1n) is 3.17. The number of aliphatic hydroxyl groups is 1. The van der Waals surface area contributed by atoms with Gasteiger partial charge in [0.05, 0.1) is 6.26 Å². The van der Waals surface area contributed by atoms with Gasteiger partial charge in [-0.05, 0) is 0 Å². The summed E-state index contributed by atoms with van der Waals surface area (Å²) in [6, 6.07) is 5.86. The highest BCUT2D eigenvalue weighted by Crippen LogP contribution is 1.77. The number of nitrogens with zero attached hydrogens (tertiary/aromatic N) is 1. The van der Waals surface area contributed by atoms with Crippen molar-refractivity contribution in [2.75, 3.05) is 0 Å². The Morgan fingerprint density at radius 2 is 1.82 bits per heavy atom. The zero-order chi connectivity index (χ0) is 7.23. The van der Waals surface area contributed by atoms with Crippen LogP contribution in [0.1, 0.15) is 0 Å². The maximum absolute atomic E-state index is 8.33. The average Bonchev–Trinajstić information content (AvgIpc) is 2.03. The van der Waals surface area contributed by atoms with Gasteiger partial charge in [0.25, 0.3) is 0 Å². The molecule has 0 saturated heterocycles. The van der Waals surface area contributed by atoms with Gasteiger partial charge in [0.1, 0.15) is 0 Å². The lowest BCUT2D eigenvalue weighted by Gasteiger charge is -1.86. The molecule has 1 aromatic rings. The number of aromatic nitrogens is 1. The molecule has 0 fully saturated rings. The zero-order valence-electron chi connectivity index (χ0n) is 6.02. The van der Waals surface area contributed by atoms with Gasteiger partial charge in [-0.15, -0.1) is 0 Å². The molecular weight excluding hydrogens is 162 g/mol. The molecule has 1 aromatic heterocycles. The molecule has 0 aliphatic rings. The van der Waals surface area contributed by atoms with Gasteiger partial charge < -0.3 is 17.5 Å². The molecule has 3 heteroatoms. The Hall–Kier alpha value is -1.02. The SMILES string of the molecule is OC=CC[n+]1ccccc1.[Cl-]. The van der Waals surface area contributed by atoms with E-state index in [-0.39, 0.29) is 12.4 Å². The van der Waals surface area contributed by atoms with Crippen LogP contribution in [0.3, 0.4) is 0 Å². The average molecular weight is 172 g/mol. The second kappa shape index (κ2) is 5.74. The molecule has 0 atom stereocenters. The first-order chi connectivity index (χ1) is 4.93.